The van der Waals surface area contributed by atoms with Crippen LogP contribution in [0.15, 0.2) is 30.3 Å². The van der Waals surface area contributed by atoms with Gasteiger partial charge in [0.15, 0.2) is 0 Å². The summed E-state index contributed by atoms with van der Waals surface area (Å²) in [5, 5.41) is 3.89. The molecular formula is C13H13BrN2O. The number of anilines is 1. The minimum atomic E-state index is -0.220. The van der Waals surface area contributed by atoms with Crippen LogP contribution in [0.1, 0.15) is 12.6 Å². The fraction of sp³-hybridized carbons (Fsp3) is 0.231. The van der Waals surface area contributed by atoms with Crippen LogP contribution < -0.4 is 5.32 Å². The van der Waals surface area contributed by atoms with Crippen molar-refractivity contribution in [2.24, 2.45) is 0 Å². The van der Waals surface area contributed by atoms with Gasteiger partial charge >= 0.3 is 0 Å². The maximum absolute atomic E-state index is 11.7. The van der Waals surface area contributed by atoms with Crippen molar-refractivity contribution in [3.63, 3.8) is 0 Å². The maximum Gasteiger partial charge on any atom is 0.237 e. The molecule has 0 spiro atoms. The van der Waals surface area contributed by atoms with Gasteiger partial charge < -0.3 is 5.32 Å². The molecule has 4 heteroatoms. The third kappa shape index (κ3) is 2.64. The Kier molecular flexibility index (Phi) is 3.43. The van der Waals surface area contributed by atoms with Gasteiger partial charge in [-0.3, -0.25) is 9.78 Å². The van der Waals surface area contributed by atoms with Gasteiger partial charge in [0.05, 0.1) is 16.0 Å². The first-order valence-corrected chi connectivity index (χ1v) is 6.31. The van der Waals surface area contributed by atoms with E-state index in [1.54, 1.807) is 6.92 Å². The third-order valence-electron chi connectivity index (χ3n) is 2.48. The highest BCUT2D eigenvalue weighted by Crippen LogP contribution is 2.22. The number of para-hydroxylation sites is 1. The second kappa shape index (κ2) is 4.84. The van der Waals surface area contributed by atoms with Gasteiger partial charge in [0, 0.05) is 11.1 Å². The molecule has 1 aromatic carbocycles. The summed E-state index contributed by atoms with van der Waals surface area (Å²) >= 11 is 3.24. The molecule has 1 aromatic heterocycles. The Morgan fingerprint density at radius 2 is 2.12 bits per heavy atom. The number of fused-ring (bicyclic) bond motifs is 1. The number of hydrogen-bond acceptors (Lipinski definition) is 2. The van der Waals surface area contributed by atoms with Gasteiger partial charge in [0.25, 0.3) is 0 Å². The normalized spacial score (nSPS) is 12.4. The van der Waals surface area contributed by atoms with Crippen molar-refractivity contribution in [1.82, 2.24) is 4.98 Å². The molecule has 1 atom stereocenters. The Morgan fingerprint density at radius 3 is 2.82 bits per heavy atom. The molecule has 0 aliphatic heterocycles. The lowest BCUT2D eigenvalue weighted by atomic mass is 10.1. The Balaban J connectivity index is 2.46. The Hall–Kier alpha value is -1.42. The number of hydrogen-bond donors (Lipinski definition) is 1. The van der Waals surface area contributed by atoms with E-state index in [-0.39, 0.29) is 10.7 Å². The zero-order valence-electron chi connectivity index (χ0n) is 9.70. The number of amides is 1. The van der Waals surface area contributed by atoms with Crippen LogP contribution in [0.3, 0.4) is 0 Å². The number of halogens is 1. The number of nitrogens with one attached hydrogen (secondary N) is 1. The van der Waals surface area contributed by atoms with Gasteiger partial charge in [0.2, 0.25) is 5.91 Å². The smallest absolute Gasteiger partial charge is 0.237 e. The summed E-state index contributed by atoms with van der Waals surface area (Å²) < 4.78 is 0. The Labute approximate surface area is 108 Å². The number of carbonyl (C=O) groups is 1. The maximum atomic E-state index is 11.7. The van der Waals surface area contributed by atoms with Gasteiger partial charge in [-0.1, -0.05) is 34.1 Å². The third-order valence-corrected chi connectivity index (χ3v) is 2.89. The van der Waals surface area contributed by atoms with E-state index in [2.05, 4.69) is 26.2 Å². The molecule has 88 valence electrons. The average molecular weight is 293 g/mol. The highest BCUT2D eigenvalue weighted by molar-refractivity contribution is 9.10. The predicted octanol–water partition coefficient (Wildman–Crippen LogP) is 3.27. The van der Waals surface area contributed by atoms with E-state index < -0.39 is 0 Å². The van der Waals surface area contributed by atoms with Crippen LogP contribution in [-0.2, 0) is 4.79 Å². The van der Waals surface area contributed by atoms with E-state index in [0.29, 0.717) is 0 Å². The zero-order chi connectivity index (χ0) is 12.4. The number of alkyl halides is 1. The van der Waals surface area contributed by atoms with Crippen LogP contribution >= 0.6 is 15.9 Å². The molecule has 0 fully saturated rings. The van der Waals surface area contributed by atoms with E-state index >= 15 is 0 Å². The molecule has 0 aliphatic rings. The second-order valence-corrected chi connectivity index (χ2v) is 5.31. The lowest BCUT2D eigenvalue weighted by Gasteiger charge is -2.09. The molecule has 0 aliphatic carbocycles. The summed E-state index contributed by atoms with van der Waals surface area (Å²) in [5.41, 5.74) is 2.52. The van der Waals surface area contributed by atoms with Gasteiger partial charge in [0.1, 0.15) is 0 Å². The quantitative estimate of drug-likeness (QED) is 0.863. The number of aryl methyl sites for hydroxylation is 1. The van der Waals surface area contributed by atoms with Crippen LogP contribution in [0.4, 0.5) is 5.69 Å². The standard InChI is InChI=1S/C13H13BrN2O/c1-8-6-7-10-4-3-5-11(12(10)15-8)16-13(17)9(2)14/h3-7,9H,1-2H3,(H,16,17). The summed E-state index contributed by atoms with van der Waals surface area (Å²) in [6, 6.07) is 9.72. The van der Waals surface area contributed by atoms with Crippen LogP contribution in [-0.4, -0.2) is 15.7 Å². The van der Waals surface area contributed by atoms with Crippen molar-refractivity contribution in [1.29, 1.82) is 0 Å². The lowest BCUT2D eigenvalue weighted by molar-refractivity contribution is -0.115. The molecule has 1 amide bonds. The minimum Gasteiger partial charge on any atom is -0.323 e. The SMILES string of the molecule is Cc1ccc2cccc(NC(=O)C(C)Br)c2n1. The number of carbonyl (C=O) groups excluding carboxylic acids is 1. The highest BCUT2D eigenvalue weighted by Gasteiger charge is 2.11. The van der Waals surface area contributed by atoms with Crippen molar-refractivity contribution in [2.75, 3.05) is 5.32 Å². The number of nitrogens with zero attached hydrogens (tertiary/aromatic N) is 1. The molecule has 17 heavy (non-hydrogen) atoms. The number of pyridine rings is 1. The fourth-order valence-corrected chi connectivity index (χ4v) is 1.69. The van der Waals surface area contributed by atoms with Gasteiger partial charge in [-0.2, -0.15) is 0 Å². The molecule has 1 heterocycles. The van der Waals surface area contributed by atoms with Crippen molar-refractivity contribution in [3.05, 3.63) is 36.0 Å². The minimum absolute atomic E-state index is 0.0687. The van der Waals surface area contributed by atoms with E-state index in [1.165, 1.54) is 0 Å². The first kappa shape index (κ1) is 12.0. The fourth-order valence-electron chi connectivity index (χ4n) is 1.58. The molecule has 2 aromatic rings. The number of benzene rings is 1. The summed E-state index contributed by atoms with van der Waals surface area (Å²) in [7, 11) is 0. The Morgan fingerprint density at radius 1 is 1.35 bits per heavy atom. The molecule has 0 radical (unpaired) electrons. The largest absolute Gasteiger partial charge is 0.323 e. The van der Waals surface area contributed by atoms with Gasteiger partial charge in [-0.15, -0.1) is 0 Å². The molecule has 1 unspecified atom stereocenters. The predicted molar refractivity (Wildman–Crippen MR) is 73.5 cm³/mol. The van der Waals surface area contributed by atoms with E-state index in [4.69, 9.17) is 0 Å². The van der Waals surface area contributed by atoms with E-state index in [0.717, 1.165) is 22.3 Å². The average Bonchev–Trinajstić information content (AvgIpc) is 2.29. The summed E-state index contributed by atoms with van der Waals surface area (Å²) in [6.45, 7) is 3.73. The van der Waals surface area contributed by atoms with Crippen LogP contribution in [0, 0.1) is 6.92 Å². The van der Waals surface area contributed by atoms with Crippen LogP contribution in [0.25, 0.3) is 10.9 Å². The topological polar surface area (TPSA) is 42.0 Å². The summed E-state index contributed by atoms with van der Waals surface area (Å²) in [4.78, 5) is 15.9. The monoisotopic (exact) mass is 292 g/mol. The molecule has 0 saturated heterocycles. The van der Waals surface area contributed by atoms with Crippen molar-refractivity contribution in [2.45, 2.75) is 18.7 Å². The van der Waals surface area contributed by atoms with Crippen molar-refractivity contribution < 1.29 is 4.79 Å². The van der Waals surface area contributed by atoms with Crippen molar-refractivity contribution >= 4 is 38.4 Å². The van der Waals surface area contributed by atoms with E-state index in [1.807, 2.05) is 37.3 Å². The molecular weight excluding hydrogens is 280 g/mol. The summed E-state index contributed by atoms with van der Waals surface area (Å²) in [5.74, 6) is -0.0687. The molecule has 0 bridgehead atoms. The number of aromatic nitrogens is 1. The van der Waals surface area contributed by atoms with E-state index in [9.17, 15) is 4.79 Å². The number of rotatable bonds is 2. The molecule has 0 saturated carbocycles. The molecule has 1 N–H and O–H groups in total. The zero-order valence-corrected chi connectivity index (χ0v) is 11.3. The van der Waals surface area contributed by atoms with Crippen LogP contribution in [0.2, 0.25) is 0 Å². The van der Waals surface area contributed by atoms with Crippen LogP contribution in [0.5, 0.6) is 0 Å². The second-order valence-electron chi connectivity index (χ2n) is 3.94. The molecule has 3 nitrogen and oxygen atoms in total. The molecule has 2 rings (SSSR count). The summed E-state index contributed by atoms with van der Waals surface area (Å²) in [6.07, 6.45) is 0. The highest BCUT2D eigenvalue weighted by atomic mass is 79.9. The first-order valence-electron chi connectivity index (χ1n) is 5.39. The lowest BCUT2D eigenvalue weighted by Crippen LogP contribution is -2.20. The van der Waals surface area contributed by atoms with Crippen molar-refractivity contribution in [3.8, 4) is 0 Å². The Bertz CT molecular complexity index is 566. The first-order chi connectivity index (χ1) is 8.08. The van der Waals surface area contributed by atoms with Gasteiger partial charge in [-0.05, 0) is 26.0 Å². The van der Waals surface area contributed by atoms with Gasteiger partial charge in [-0.25, -0.2) is 0 Å².